The summed E-state index contributed by atoms with van der Waals surface area (Å²) in [6.07, 6.45) is 2.45. The van der Waals surface area contributed by atoms with Gasteiger partial charge in [0.1, 0.15) is 23.3 Å². The van der Waals surface area contributed by atoms with Gasteiger partial charge in [0.15, 0.2) is 0 Å². The number of carbonyl (C=O) groups excluding carboxylic acids is 1. The Labute approximate surface area is 174 Å². The summed E-state index contributed by atoms with van der Waals surface area (Å²) >= 11 is 0. The van der Waals surface area contributed by atoms with E-state index in [0.29, 0.717) is 41.9 Å². The predicted octanol–water partition coefficient (Wildman–Crippen LogP) is 3.09. The largest absolute Gasteiger partial charge is 0.497 e. The van der Waals surface area contributed by atoms with Crippen molar-refractivity contribution >= 4 is 5.91 Å². The van der Waals surface area contributed by atoms with Gasteiger partial charge in [0, 0.05) is 30.8 Å². The molecule has 1 aromatic carbocycles. The van der Waals surface area contributed by atoms with E-state index in [1.165, 1.54) is 0 Å². The van der Waals surface area contributed by atoms with Crippen molar-refractivity contribution in [3.63, 3.8) is 0 Å². The van der Waals surface area contributed by atoms with Crippen LogP contribution in [0.2, 0.25) is 0 Å². The molecule has 1 atom stereocenters. The number of benzene rings is 1. The molecule has 1 aliphatic heterocycles. The number of aromatic amines is 1. The second-order valence-corrected chi connectivity index (χ2v) is 7.19. The number of likely N-dealkylation sites (tertiary alicyclic amines) is 1. The zero-order valence-electron chi connectivity index (χ0n) is 17.2. The van der Waals surface area contributed by atoms with Crippen molar-refractivity contribution in [3.05, 3.63) is 53.9 Å². The average Bonchev–Trinajstić information content (AvgIpc) is 3.44. The van der Waals surface area contributed by atoms with E-state index in [1.54, 1.807) is 31.4 Å². The van der Waals surface area contributed by atoms with Crippen LogP contribution < -0.4 is 14.2 Å². The van der Waals surface area contributed by atoms with Gasteiger partial charge in [-0.3, -0.25) is 9.89 Å². The summed E-state index contributed by atoms with van der Waals surface area (Å²) in [6, 6.07) is 11.0. The number of rotatable bonds is 6. The van der Waals surface area contributed by atoms with Crippen molar-refractivity contribution in [2.24, 2.45) is 0 Å². The number of H-pyrrole nitrogens is 1. The summed E-state index contributed by atoms with van der Waals surface area (Å²) in [6.45, 7) is 3.10. The van der Waals surface area contributed by atoms with E-state index < -0.39 is 0 Å². The van der Waals surface area contributed by atoms with Crippen LogP contribution in [0.5, 0.6) is 17.4 Å². The fourth-order valence-electron chi connectivity index (χ4n) is 3.46. The first-order chi connectivity index (χ1) is 14.6. The zero-order chi connectivity index (χ0) is 21.1. The highest BCUT2D eigenvalue weighted by atomic mass is 16.5. The molecule has 1 aliphatic rings. The van der Waals surface area contributed by atoms with Crippen LogP contribution >= 0.6 is 0 Å². The molecule has 1 saturated heterocycles. The first kappa shape index (κ1) is 19.8. The van der Waals surface area contributed by atoms with Crippen LogP contribution in [0.3, 0.4) is 0 Å². The highest BCUT2D eigenvalue weighted by Crippen LogP contribution is 2.32. The second kappa shape index (κ2) is 8.44. The summed E-state index contributed by atoms with van der Waals surface area (Å²) < 4.78 is 16.6. The van der Waals surface area contributed by atoms with E-state index in [0.717, 1.165) is 17.5 Å². The molecular formula is C22H24N4O4. The molecule has 1 fully saturated rings. The summed E-state index contributed by atoms with van der Waals surface area (Å²) in [7, 11) is 3.19. The number of pyridine rings is 1. The average molecular weight is 408 g/mol. The third kappa shape index (κ3) is 4.07. The standard InChI is InChI=1S/C22H24N4O4/c1-14-4-7-21(23-12-14)30-16-8-9-26(13-16)22(27)19-11-18(24-25-19)17-10-15(28-2)5-6-20(17)29-3/h4-7,10-12,16H,8-9,13H2,1-3H3,(H,24,25). The molecule has 4 rings (SSSR count). The molecule has 0 bridgehead atoms. The molecule has 0 spiro atoms. The normalized spacial score (nSPS) is 15.8. The summed E-state index contributed by atoms with van der Waals surface area (Å²) in [5, 5.41) is 7.16. The van der Waals surface area contributed by atoms with Crippen LogP contribution in [-0.2, 0) is 0 Å². The van der Waals surface area contributed by atoms with E-state index in [4.69, 9.17) is 14.2 Å². The fraction of sp³-hybridized carbons (Fsp3) is 0.318. The van der Waals surface area contributed by atoms with Crippen molar-refractivity contribution in [2.75, 3.05) is 27.3 Å². The molecule has 0 radical (unpaired) electrons. The molecule has 3 heterocycles. The van der Waals surface area contributed by atoms with Crippen LogP contribution in [0.25, 0.3) is 11.3 Å². The molecule has 1 unspecified atom stereocenters. The Bertz CT molecular complexity index is 1030. The van der Waals surface area contributed by atoms with Crippen LogP contribution in [-0.4, -0.2) is 59.4 Å². The van der Waals surface area contributed by atoms with Crippen molar-refractivity contribution in [3.8, 4) is 28.6 Å². The number of nitrogens with one attached hydrogen (secondary N) is 1. The lowest BCUT2D eigenvalue weighted by molar-refractivity contribution is 0.0765. The number of carbonyl (C=O) groups is 1. The highest BCUT2D eigenvalue weighted by molar-refractivity contribution is 5.93. The number of aryl methyl sites for hydroxylation is 1. The summed E-state index contributed by atoms with van der Waals surface area (Å²) in [5.74, 6) is 1.81. The van der Waals surface area contributed by atoms with Gasteiger partial charge >= 0.3 is 0 Å². The Balaban J connectivity index is 1.45. The van der Waals surface area contributed by atoms with Gasteiger partial charge in [0.2, 0.25) is 5.88 Å². The van der Waals surface area contributed by atoms with Gasteiger partial charge in [-0.25, -0.2) is 4.98 Å². The maximum atomic E-state index is 12.9. The topological polar surface area (TPSA) is 89.6 Å². The number of nitrogens with zero attached hydrogens (tertiary/aromatic N) is 3. The minimum absolute atomic E-state index is 0.0787. The van der Waals surface area contributed by atoms with Gasteiger partial charge in [0.05, 0.1) is 26.5 Å². The monoisotopic (exact) mass is 408 g/mol. The molecule has 1 N–H and O–H groups in total. The fourth-order valence-corrected chi connectivity index (χ4v) is 3.46. The van der Waals surface area contributed by atoms with Crippen molar-refractivity contribution < 1.29 is 19.0 Å². The number of methoxy groups -OCH3 is 2. The van der Waals surface area contributed by atoms with Crippen LogP contribution in [0.1, 0.15) is 22.5 Å². The molecule has 2 aromatic heterocycles. The number of hydrogen-bond acceptors (Lipinski definition) is 6. The number of aromatic nitrogens is 3. The SMILES string of the molecule is COc1ccc(OC)c(-c2cc(C(=O)N3CCC(Oc4ccc(C)cn4)C3)[nH]n2)c1. The van der Waals surface area contributed by atoms with E-state index >= 15 is 0 Å². The van der Waals surface area contributed by atoms with Crippen molar-refractivity contribution in [1.29, 1.82) is 0 Å². The molecule has 30 heavy (non-hydrogen) atoms. The Hall–Kier alpha value is -3.55. The number of ether oxygens (including phenoxy) is 3. The van der Waals surface area contributed by atoms with Gasteiger partial charge in [-0.15, -0.1) is 0 Å². The molecule has 0 saturated carbocycles. The Morgan fingerprint density at radius 2 is 2.03 bits per heavy atom. The van der Waals surface area contributed by atoms with Gasteiger partial charge in [0.25, 0.3) is 5.91 Å². The number of hydrogen-bond donors (Lipinski definition) is 1. The molecule has 1 amide bonds. The minimum atomic E-state index is -0.112. The van der Waals surface area contributed by atoms with E-state index in [-0.39, 0.29) is 12.0 Å². The lowest BCUT2D eigenvalue weighted by atomic mass is 10.1. The van der Waals surface area contributed by atoms with Gasteiger partial charge in [-0.1, -0.05) is 6.07 Å². The zero-order valence-corrected chi connectivity index (χ0v) is 17.2. The smallest absolute Gasteiger partial charge is 0.272 e. The first-order valence-electron chi connectivity index (χ1n) is 9.74. The van der Waals surface area contributed by atoms with Crippen LogP contribution in [0.4, 0.5) is 0 Å². The molecule has 156 valence electrons. The lowest BCUT2D eigenvalue weighted by Gasteiger charge is -2.16. The Morgan fingerprint density at radius 1 is 1.17 bits per heavy atom. The van der Waals surface area contributed by atoms with Crippen molar-refractivity contribution in [1.82, 2.24) is 20.1 Å². The number of amides is 1. The van der Waals surface area contributed by atoms with E-state index in [2.05, 4.69) is 15.2 Å². The quantitative estimate of drug-likeness (QED) is 0.674. The maximum Gasteiger partial charge on any atom is 0.272 e. The molecule has 8 heteroatoms. The molecule has 0 aliphatic carbocycles. The van der Waals surface area contributed by atoms with E-state index in [9.17, 15) is 4.79 Å². The summed E-state index contributed by atoms with van der Waals surface area (Å²) in [5.41, 5.74) is 2.86. The predicted molar refractivity (Wildman–Crippen MR) is 111 cm³/mol. The minimum Gasteiger partial charge on any atom is -0.497 e. The van der Waals surface area contributed by atoms with Gasteiger partial charge in [-0.2, -0.15) is 5.10 Å². The van der Waals surface area contributed by atoms with Crippen LogP contribution in [0, 0.1) is 6.92 Å². The van der Waals surface area contributed by atoms with Crippen LogP contribution in [0.15, 0.2) is 42.6 Å². The lowest BCUT2D eigenvalue weighted by Crippen LogP contribution is -2.31. The van der Waals surface area contributed by atoms with E-state index in [1.807, 2.05) is 37.3 Å². The summed E-state index contributed by atoms with van der Waals surface area (Å²) in [4.78, 5) is 19.0. The Morgan fingerprint density at radius 3 is 2.77 bits per heavy atom. The Kier molecular flexibility index (Phi) is 5.56. The van der Waals surface area contributed by atoms with Gasteiger partial charge in [-0.05, 0) is 36.8 Å². The maximum absolute atomic E-state index is 12.9. The highest BCUT2D eigenvalue weighted by Gasteiger charge is 2.29. The van der Waals surface area contributed by atoms with Gasteiger partial charge < -0.3 is 19.1 Å². The van der Waals surface area contributed by atoms with Crippen molar-refractivity contribution in [2.45, 2.75) is 19.4 Å². The third-order valence-electron chi connectivity index (χ3n) is 5.09. The molecule has 3 aromatic rings. The molecule has 8 nitrogen and oxygen atoms in total. The molecular weight excluding hydrogens is 384 g/mol. The second-order valence-electron chi connectivity index (χ2n) is 7.19. The first-order valence-corrected chi connectivity index (χ1v) is 9.74. The third-order valence-corrected chi connectivity index (χ3v) is 5.09.